The largest absolute Gasteiger partial charge is 0.492 e. The van der Waals surface area contributed by atoms with Crippen LogP contribution >= 0.6 is 27.5 Å². The zero-order valence-corrected chi connectivity index (χ0v) is 19.7. The molecule has 6 nitrogen and oxygen atoms in total. The van der Waals surface area contributed by atoms with Crippen molar-refractivity contribution in [2.75, 3.05) is 13.2 Å². The first kappa shape index (κ1) is 23.6. The number of ether oxygens (including phenoxy) is 2. The maximum absolute atomic E-state index is 12.3. The zero-order chi connectivity index (χ0) is 22.9. The summed E-state index contributed by atoms with van der Waals surface area (Å²) >= 11 is 9.39. The lowest BCUT2D eigenvalue weighted by Gasteiger charge is -2.11. The van der Waals surface area contributed by atoms with Crippen LogP contribution in [-0.4, -0.2) is 25.0 Å². The van der Waals surface area contributed by atoms with Crippen molar-refractivity contribution in [2.24, 2.45) is 0 Å². The van der Waals surface area contributed by atoms with Gasteiger partial charge in [0.1, 0.15) is 11.5 Å². The minimum absolute atomic E-state index is 0.251. The van der Waals surface area contributed by atoms with E-state index in [0.29, 0.717) is 33.2 Å². The molecule has 0 unspecified atom stereocenters. The molecule has 3 rings (SSSR count). The van der Waals surface area contributed by atoms with E-state index in [4.69, 9.17) is 21.1 Å². The molecule has 0 aliphatic carbocycles. The van der Waals surface area contributed by atoms with Gasteiger partial charge in [-0.05, 0) is 70.4 Å². The second kappa shape index (κ2) is 11.5. The van der Waals surface area contributed by atoms with Crippen LogP contribution in [0.15, 0.2) is 71.2 Å². The molecule has 0 saturated carbocycles. The van der Waals surface area contributed by atoms with Gasteiger partial charge in [-0.2, -0.15) is 0 Å². The first-order valence-corrected chi connectivity index (χ1v) is 11.0. The van der Waals surface area contributed by atoms with Crippen LogP contribution in [0, 0.1) is 6.92 Å². The number of rotatable bonds is 8. The number of hydrazine groups is 1. The van der Waals surface area contributed by atoms with Crippen molar-refractivity contribution in [2.45, 2.75) is 13.3 Å². The Morgan fingerprint density at radius 3 is 2.47 bits per heavy atom. The number of aryl methyl sites for hydroxylation is 1. The third kappa shape index (κ3) is 7.00. The molecule has 2 amide bonds. The van der Waals surface area contributed by atoms with Gasteiger partial charge >= 0.3 is 0 Å². The smallest absolute Gasteiger partial charge is 0.276 e. The van der Waals surface area contributed by atoms with Gasteiger partial charge in [-0.15, -0.1) is 0 Å². The molecule has 8 heteroatoms. The van der Waals surface area contributed by atoms with Crippen molar-refractivity contribution in [3.8, 4) is 11.5 Å². The van der Waals surface area contributed by atoms with Crippen LogP contribution in [0.2, 0.25) is 5.02 Å². The number of carbonyl (C=O) groups is 2. The predicted octanol–water partition coefficient (Wildman–Crippen LogP) is 4.87. The summed E-state index contributed by atoms with van der Waals surface area (Å²) in [6, 6.07) is 20.1. The molecule has 0 aliphatic heterocycles. The molecule has 0 fully saturated rings. The molecule has 0 radical (unpaired) electrons. The Labute approximate surface area is 200 Å². The van der Waals surface area contributed by atoms with Crippen LogP contribution < -0.4 is 20.3 Å². The van der Waals surface area contributed by atoms with Gasteiger partial charge in [0.05, 0.1) is 11.1 Å². The van der Waals surface area contributed by atoms with Crippen LogP contribution in [0.4, 0.5) is 0 Å². The number of hydrogen-bond acceptors (Lipinski definition) is 4. The molecular weight excluding hydrogens is 496 g/mol. The predicted molar refractivity (Wildman–Crippen MR) is 127 cm³/mol. The lowest BCUT2D eigenvalue weighted by Crippen LogP contribution is -2.43. The summed E-state index contributed by atoms with van der Waals surface area (Å²) in [5.41, 5.74) is 7.09. The van der Waals surface area contributed by atoms with Crippen molar-refractivity contribution < 1.29 is 19.1 Å². The average Bonchev–Trinajstić information content (AvgIpc) is 2.80. The molecule has 0 atom stereocenters. The minimum atomic E-state index is -0.495. The second-order valence-electron chi connectivity index (χ2n) is 6.93. The van der Waals surface area contributed by atoms with Crippen LogP contribution in [0.25, 0.3) is 0 Å². The van der Waals surface area contributed by atoms with Crippen LogP contribution in [-0.2, 0) is 11.2 Å². The lowest BCUT2D eigenvalue weighted by molar-refractivity contribution is -0.123. The van der Waals surface area contributed by atoms with Crippen molar-refractivity contribution in [3.63, 3.8) is 0 Å². The zero-order valence-electron chi connectivity index (χ0n) is 17.4. The van der Waals surface area contributed by atoms with Gasteiger partial charge in [0.2, 0.25) is 0 Å². The van der Waals surface area contributed by atoms with Crippen molar-refractivity contribution in [1.29, 1.82) is 0 Å². The summed E-state index contributed by atoms with van der Waals surface area (Å²) in [5.74, 6) is 0.191. The molecule has 0 aromatic heterocycles. The fraction of sp³-hybridized carbons (Fsp3) is 0.167. The number of benzene rings is 3. The monoisotopic (exact) mass is 516 g/mol. The Balaban J connectivity index is 1.44. The van der Waals surface area contributed by atoms with Crippen LogP contribution in [0.5, 0.6) is 11.5 Å². The Hall–Kier alpha value is -3.03. The lowest BCUT2D eigenvalue weighted by atomic mass is 10.2. The highest BCUT2D eigenvalue weighted by atomic mass is 79.9. The normalized spacial score (nSPS) is 10.3. The summed E-state index contributed by atoms with van der Waals surface area (Å²) in [5, 5.41) is 0.618. The summed E-state index contributed by atoms with van der Waals surface area (Å²) in [6.07, 6.45) is 0.777. The highest BCUT2D eigenvalue weighted by Crippen LogP contribution is 2.26. The number of hydrogen-bond donors (Lipinski definition) is 2. The third-order valence-corrected chi connectivity index (χ3v) is 5.54. The van der Waals surface area contributed by atoms with Gasteiger partial charge in [-0.1, -0.05) is 41.9 Å². The van der Waals surface area contributed by atoms with Gasteiger partial charge in [0.25, 0.3) is 11.8 Å². The summed E-state index contributed by atoms with van der Waals surface area (Å²) in [7, 11) is 0. The summed E-state index contributed by atoms with van der Waals surface area (Å²) < 4.78 is 11.8. The van der Waals surface area contributed by atoms with Gasteiger partial charge < -0.3 is 9.47 Å². The Kier molecular flexibility index (Phi) is 8.53. The molecule has 3 aromatic carbocycles. The van der Waals surface area contributed by atoms with E-state index in [2.05, 4.69) is 26.8 Å². The molecule has 0 bridgehead atoms. The third-order valence-electron chi connectivity index (χ3n) is 4.50. The highest BCUT2D eigenvalue weighted by molar-refractivity contribution is 9.10. The van der Waals surface area contributed by atoms with Crippen LogP contribution in [0.3, 0.4) is 0 Å². The van der Waals surface area contributed by atoms with E-state index in [0.717, 1.165) is 12.0 Å². The van der Waals surface area contributed by atoms with Gasteiger partial charge in [0, 0.05) is 17.0 Å². The van der Waals surface area contributed by atoms with Crippen molar-refractivity contribution in [3.05, 3.63) is 92.9 Å². The maximum Gasteiger partial charge on any atom is 0.276 e. The number of amides is 2. The molecule has 2 N–H and O–H groups in total. The van der Waals surface area contributed by atoms with Gasteiger partial charge in [-0.25, -0.2) is 0 Å². The van der Waals surface area contributed by atoms with Gasteiger partial charge in [-0.3, -0.25) is 20.4 Å². The molecule has 0 heterocycles. The standard InChI is InChI=1S/C24H22BrClN2O4/c1-16-13-19(8-9-21(16)26)32-15-23(29)27-28-24(30)18-7-10-22(20(25)14-18)31-12-11-17-5-3-2-4-6-17/h2-10,13-14H,11-12,15H2,1H3,(H,27,29)(H,28,30). The van der Waals surface area contributed by atoms with Gasteiger partial charge in [0.15, 0.2) is 6.61 Å². The molecule has 3 aromatic rings. The van der Waals surface area contributed by atoms with E-state index < -0.39 is 11.8 Å². The quantitative estimate of drug-likeness (QED) is 0.418. The fourth-order valence-corrected chi connectivity index (χ4v) is 3.38. The molecule has 0 saturated heterocycles. The highest BCUT2D eigenvalue weighted by Gasteiger charge is 2.11. The van der Waals surface area contributed by atoms with E-state index >= 15 is 0 Å². The fourth-order valence-electron chi connectivity index (χ4n) is 2.77. The van der Waals surface area contributed by atoms with Crippen molar-refractivity contribution in [1.82, 2.24) is 10.9 Å². The number of carbonyl (C=O) groups excluding carboxylic acids is 2. The molecule has 0 spiro atoms. The van der Waals surface area contributed by atoms with E-state index in [1.807, 2.05) is 37.3 Å². The average molecular weight is 518 g/mol. The molecule has 166 valence electrons. The Bertz CT molecular complexity index is 1090. The Morgan fingerprint density at radius 2 is 1.75 bits per heavy atom. The molecule has 0 aliphatic rings. The topological polar surface area (TPSA) is 76.7 Å². The SMILES string of the molecule is Cc1cc(OCC(=O)NNC(=O)c2ccc(OCCc3ccccc3)c(Br)c2)ccc1Cl. The van der Waals surface area contributed by atoms with E-state index in [9.17, 15) is 9.59 Å². The molecule has 32 heavy (non-hydrogen) atoms. The second-order valence-corrected chi connectivity index (χ2v) is 8.19. The first-order chi connectivity index (χ1) is 15.4. The number of nitrogens with one attached hydrogen (secondary N) is 2. The first-order valence-electron chi connectivity index (χ1n) is 9.87. The maximum atomic E-state index is 12.3. The van der Waals surface area contributed by atoms with E-state index in [1.165, 1.54) is 5.56 Å². The summed E-state index contributed by atoms with van der Waals surface area (Å²) in [4.78, 5) is 24.3. The van der Waals surface area contributed by atoms with E-state index in [-0.39, 0.29) is 6.61 Å². The number of halogens is 2. The van der Waals surface area contributed by atoms with E-state index in [1.54, 1.807) is 36.4 Å². The van der Waals surface area contributed by atoms with Crippen molar-refractivity contribution >= 4 is 39.3 Å². The minimum Gasteiger partial charge on any atom is -0.492 e. The van der Waals surface area contributed by atoms with Crippen LogP contribution in [0.1, 0.15) is 21.5 Å². The summed E-state index contributed by atoms with van der Waals surface area (Å²) in [6.45, 7) is 2.10. The Morgan fingerprint density at radius 1 is 0.969 bits per heavy atom. The molecular formula is C24H22BrClN2O4.